The zero-order valence-corrected chi connectivity index (χ0v) is 19.2. The third-order valence-electron chi connectivity index (χ3n) is 6.20. The topological polar surface area (TPSA) is 71.0 Å². The Balaban J connectivity index is 1.64. The number of fused-ring (bicyclic) bond motifs is 1. The van der Waals surface area contributed by atoms with E-state index in [-0.39, 0.29) is 23.8 Å². The van der Waals surface area contributed by atoms with Gasteiger partial charge in [-0.2, -0.15) is 0 Å². The number of carbonyl (C=O) groups is 2. The molecular weight excluding hydrogens is 410 g/mol. The van der Waals surface area contributed by atoms with E-state index in [2.05, 4.69) is 10.2 Å². The number of hydrogen-bond acceptors (Lipinski definition) is 6. The van der Waals surface area contributed by atoms with E-state index in [1.165, 1.54) is 6.42 Å². The third kappa shape index (κ3) is 4.81. The maximum atomic E-state index is 12.9. The first-order valence-electron chi connectivity index (χ1n) is 11.4. The second-order valence-electron chi connectivity index (χ2n) is 8.36. The van der Waals surface area contributed by atoms with Gasteiger partial charge in [0.05, 0.1) is 23.9 Å². The van der Waals surface area contributed by atoms with Gasteiger partial charge < -0.3 is 15.0 Å². The van der Waals surface area contributed by atoms with Crippen molar-refractivity contribution >= 4 is 34.5 Å². The molecule has 2 heterocycles. The highest BCUT2D eigenvalue weighted by Crippen LogP contribution is 2.40. The molecule has 6 nitrogen and oxygen atoms in total. The van der Waals surface area contributed by atoms with E-state index < -0.39 is 0 Å². The van der Waals surface area contributed by atoms with Crippen LogP contribution >= 0.6 is 11.8 Å². The van der Waals surface area contributed by atoms with E-state index in [9.17, 15) is 9.59 Å². The summed E-state index contributed by atoms with van der Waals surface area (Å²) >= 11 is 1.73. The molecule has 1 aromatic carbocycles. The SMILES string of the molecule is CCOC(=O)C1=C(C)N=C2SCCCN2[C@H]1c1cccc(NC(=O)C2CCCCC2)c1. The molecule has 1 aliphatic carbocycles. The highest BCUT2D eigenvalue weighted by Gasteiger charge is 2.38. The van der Waals surface area contributed by atoms with Crippen molar-refractivity contribution in [1.82, 2.24) is 4.90 Å². The number of amides is 1. The molecule has 0 spiro atoms. The Bertz CT molecular complexity index is 905. The summed E-state index contributed by atoms with van der Waals surface area (Å²) in [6.07, 6.45) is 6.44. The van der Waals surface area contributed by atoms with Crippen molar-refractivity contribution in [3.05, 3.63) is 41.1 Å². The maximum absolute atomic E-state index is 12.9. The molecule has 0 radical (unpaired) electrons. The number of allylic oxidation sites excluding steroid dienone is 1. The zero-order valence-electron chi connectivity index (χ0n) is 18.4. The molecule has 2 fully saturated rings. The van der Waals surface area contributed by atoms with Crippen LogP contribution in [0.3, 0.4) is 0 Å². The van der Waals surface area contributed by atoms with E-state index in [0.717, 1.165) is 60.8 Å². The van der Waals surface area contributed by atoms with Gasteiger partial charge in [-0.05, 0) is 50.8 Å². The lowest BCUT2D eigenvalue weighted by atomic mass is 9.88. The van der Waals surface area contributed by atoms with Crippen molar-refractivity contribution in [1.29, 1.82) is 0 Å². The van der Waals surface area contributed by atoms with Crippen LogP contribution in [-0.4, -0.2) is 40.8 Å². The summed E-state index contributed by atoms with van der Waals surface area (Å²) in [4.78, 5) is 32.6. The minimum absolute atomic E-state index is 0.0987. The molecule has 1 N–H and O–H groups in total. The van der Waals surface area contributed by atoms with E-state index in [1.807, 2.05) is 38.1 Å². The number of rotatable bonds is 5. The predicted molar refractivity (Wildman–Crippen MR) is 125 cm³/mol. The molecule has 31 heavy (non-hydrogen) atoms. The number of esters is 1. The minimum Gasteiger partial charge on any atom is -0.463 e. The van der Waals surface area contributed by atoms with Crippen LogP contribution in [0.4, 0.5) is 5.69 Å². The molecule has 2 aliphatic heterocycles. The molecule has 1 amide bonds. The average molecular weight is 442 g/mol. The Kier molecular flexibility index (Phi) is 7.00. The quantitative estimate of drug-likeness (QED) is 0.659. The smallest absolute Gasteiger partial charge is 0.338 e. The molecule has 166 valence electrons. The Morgan fingerprint density at radius 2 is 2.03 bits per heavy atom. The number of aliphatic imine (C=N–C) groups is 1. The summed E-state index contributed by atoms with van der Waals surface area (Å²) in [5.74, 6) is 0.914. The van der Waals surface area contributed by atoms with Crippen LogP contribution in [0.2, 0.25) is 0 Å². The Labute approximate surface area is 188 Å². The number of nitrogens with one attached hydrogen (secondary N) is 1. The summed E-state index contributed by atoms with van der Waals surface area (Å²) in [5.41, 5.74) is 3.05. The summed E-state index contributed by atoms with van der Waals surface area (Å²) in [7, 11) is 0. The van der Waals surface area contributed by atoms with Crippen molar-refractivity contribution in [3.8, 4) is 0 Å². The van der Waals surface area contributed by atoms with Crippen LogP contribution in [-0.2, 0) is 14.3 Å². The Morgan fingerprint density at radius 3 is 2.81 bits per heavy atom. The second kappa shape index (κ2) is 9.90. The lowest BCUT2D eigenvalue weighted by molar-refractivity contribution is -0.139. The molecule has 4 rings (SSSR count). The number of hydrogen-bond donors (Lipinski definition) is 1. The van der Waals surface area contributed by atoms with Crippen LogP contribution in [0.15, 0.2) is 40.5 Å². The van der Waals surface area contributed by atoms with Crippen LogP contribution in [0.1, 0.15) is 64.0 Å². The average Bonchev–Trinajstić information content (AvgIpc) is 2.79. The van der Waals surface area contributed by atoms with Gasteiger partial charge in [0.15, 0.2) is 5.17 Å². The molecule has 1 saturated heterocycles. The summed E-state index contributed by atoms with van der Waals surface area (Å²) in [6, 6.07) is 7.64. The number of amidine groups is 1. The van der Waals surface area contributed by atoms with E-state index in [1.54, 1.807) is 11.8 Å². The Hall–Kier alpha value is -2.28. The van der Waals surface area contributed by atoms with E-state index >= 15 is 0 Å². The monoisotopic (exact) mass is 441 g/mol. The maximum Gasteiger partial charge on any atom is 0.338 e. The molecule has 0 bridgehead atoms. The number of nitrogens with zero attached hydrogens (tertiary/aromatic N) is 2. The first-order valence-corrected chi connectivity index (χ1v) is 12.3. The molecule has 0 unspecified atom stereocenters. The third-order valence-corrected chi connectivity index (χ3v) is 7.28. The summed E-state index contributed by atoms with van der Waals surface area (Å²) in [6.45, 7) is 4.86. The molecule has 7 heteroatoms. The molecule has 3 aliphatic rings. The van der Waals surface area contributed by atoms with Crippen LogP contribution in [0, 0.1) is 5.92 Å². The van der Waals surface area contributed by atoms with Crippen molar-refractivity contribution in [2.45, 2.75) is 58.4 Å². The fourth-order valence-corrected chi connectivity index (χ4v) is 5.70. The van der Waals surface area contributed by atoms with Gasteiger partial charge in [0.2, 0.25) is 5.91 Å². The van der Waals surface area contributed by atoms with E-state index in [4.69, 9.17) is 9.73 Å². The first-order chi connectivity index (χ1) is 15.1. The minimum atomic E-state index is -0.319. The zero-order chi connectivity index (χ0) is 21.8. The van der Waals surface area contributed by atoms with Gasteiger partial charge in [0.25, 0.3) is 0 Å². The summed E-state index contributed by atoms with van der Waals surface area (Å²) < 4.78 is 5.39. The van der Waals surface area contributed by atoms with Crippen LogP contribution in [0.25, 0.3) is 0 Å². The molecule has 0 aromatic heterocycles. The van der Waals surface area contributed by atoms with Gasteiger partial charge >= 0.3 is 5.97 Å². The number of thioether (sulfide) groups is 1. The van der Waals surface area contributed by atoms with Crippen molar-refractivity contribution < 1.29 is 14.3 Å². The van der Waals surface area contributed by atoms with Gasteiger partial charge in [-0.1, -0.05) is 43.2 Å². The van der Waals surface area contributed by atoms with Gasteiger partial charge in [0.1, 0.15) is 0 Å². The van der Waals surface area contributed by atoms with Gasteiger partial charge in [-0.25, -0.2) is 9.79 Å². The van der Waals surface area contributed by atoms with Gasteiger partial charge in [-0.3, -0.25) is 4.79 Å². The lowest BCUT2D eigenvalue weighted by Crippen LogP contribution is -2.42. The van der Waals surface area contributed by atoms with Crippen LogP contribution in [0.5, 0.6) is 0 Å². The molecular formula is C24H31N3O3S. The van der Waals surface area contributed by atoms with Crippen molar-refractivity contribution in [3.63, 3.8) is 0 Å². The highest BCUT2D eigenvalue weighted by molar-refractivity contribution is 8.13. The van der Waals surface area contributed by atoms with Gasteiger partial charge in [-0.15, -0.1) is 0 Å². The molecule has 1 aromatic rings. The Morgan fingerprint density at radius 1 is 1.23 bits per heavy atom. The fraction of sp³-hybridized carbons (Fsp3) is 0.542. The number of carbonyl (C=O) groups excluding carboxylic acids is 2. The number of benzene rings is 1. The highest BCUT2D eigenvalue weighted by atomic mass is 32.2. The predicted octanol–water partition coefficient (Wildman–Crippen LogP) is 4.89. The number of ether oxygens (including phenoxy) is 1. The lowest BCUT2D eigenvalue weighted by Gasteiger charge is -2.40. The summed E-state index contributed by atoms with van der Waals surface area (Å²) in [5, 5.41) is 4.08. The standard InChI is InChI=1S/C24H31N3O3S/c1-3-30-23(29)20-16(2)25-24-27(13-8-14-31-24)21(20)18-11-7-12-19(15-18)26-22(28)17-9-5-4-6-10-17/h7,11-12,15,17,21H,3-6,8-10,13-14H2,1-2H3,(H,26,28)/t21-/m0/s1. The normalized spacial score (nSPS) is 21.9. The molecule has 1 atom stereocenters. The van der Waals surface area contributed by atoms with Gasteiger partial charge in [0, 0.05) is 23.9 Å². The molecule has 1 saturated carbocycles. The number of anilines is 1. The largest absolute Gasteiger partial charge is 0.463 e. The van der Waals surface area contributed by atoms with Crippen molar-refractivity contribution in [2.75, 3.05) is 24.2 Å². The van der Waals surface area contributed by atoms with Crippen LogP contribution < -0.4 is 5.32 Å². The first kappa shape index (κ1) is 21.9. The van der Waals surface area contributed by atoms with E-state index in [0.29, 0.717) is 17.9 Å². The fourth-order valence-electron chi connectivity index (χ4n) is 4.68. The second-order valence-corrected chi connectivity index (χ2v) is 9.42. The van der Waals surface area contributed by atoms with Crippen molar-refractivity contribution in [2.24, 2.45) is 10.9 Å².